The summed E-state index contributed by atoms with van der Waals surface area (Å²) in [7, 11) is 0. The summed E-state index contributed by atoms with van der Waals surface area (Å²) in [4.78, 5) is 0. The van der Waals surface area contributed by atoms with Crippen LogP contribution in [0.5, 0.6) is 0 Å². The number of hydrogen-bond acceptors (Lipinski definition) is 1. The van der Waals surface area contributed by atoms with E-state index in [2.05, 4.69) is 21.2 Å². The molecular formula is C16H13BrCl2FN. The maximum Gasteiger partial charge on any atom is 0.126 e. The van der Waals surface area contributed by atoms with E-state index in [1.165, 1.54) is 6.07 Å². The van der Waals surface area contributed by atoms with Gasteiger partial charge in [0.2, 0.25) is 0 Å². The molecular weight excluding hydrogens is 376 g/mol. The van der Waals surface area contributed by atoms with Gasteiger partial charge in [0.15, 0.2) is 0 Å². The molecule has 0 atom stereocenters. The topological polar surface area (TPSA) is 12.0 Å². The van der Waals surface area contributed by atoms with Crippen LogP contribution >= 0.6 is 39.1 Å². The Hall–Kier alpha value is -0.770. The van der Waals surface area contributed by atoms with Gasteiger partial charge in [-0.25, -0.2) is 4.39 Å². The predicted octanol–water partition coefficient (Wildman–Crippen LogP) is 6.25. The highest BCUT2D eigenvalue weighted by atomic mass is 79.9. The zero-order chi connectivity index (χ0) is 15.0. The smallest absolute Gasteiger partial charge is 0.126 e. The molecule has 2 aromatic carbocycles. The van der Waals surface area contributed by atoms with Gasteiger partial charge in [-0.05, 0) is 58.5 Å². The Kier molecular flexibility index (Phi) is 4.43. The van der Waals surface area contributed by atoms with E-state index in [9.17, 15) is 4.39 Å². The second kappa shape index (κ2) is 6.15. The average molecular weight is 389 g/mol. The van der Waals surface area contributed by atoms with Crippen molar-refractivity contribution in [1.29, 1.82) is 0 Å². The first-order chi connectivity index (χ1) is 10.1. The van der Waals surface area contributed by atoms with Gasteiger partial charge in [-0.2, -0.15) is 0 Å². The summed E-state index contributed by atoms with van der Waals surface area (Å²) in [6, 6.07) is 11.0. The van der Waals surface area contributed by atoms with Crippen LogP contribution in [0.4, 0.5) is 10.1 Å². The SMILES string of the molecule is Fc1ccccc1C1CC(Nc2ccc(Br)c(Cl)c2Cl)C1. The standard InChI is InChI=1S/C16H13BrCl2FN/c17-12-5-6-14(16(19)15(12)18)21-10-7-9(8-10)11-3-1-2-4-13(11)20/h1-6,9-10,21H,7-8H2. The summed E-state index contributed by atoms with van der Waals surface area (Å²) in [5.41, 5.74) is 1.62. The lowest BCUT2D eigenvalue weighted by atomic mass is 9.75. The zero-order valence-corrected chi connectivity index (χ0v) is 14.1. The van der Waals surface area contributed by atoms with Crippen LogP contribution in [0, 0.1) is 5.82 Å². The van der Waals surface area contributed by atoms with Crippen molar-refractivity contribution < 1.29 is 4.39 Å². The maximum absolute atomic E-state index is 13.7. The third-order valence-electron chi connectivity index (χ3n) is 3.88. The summed E-state index contributed by atoms with van der Waals surface area (Å²) in [5, 5.41) is 4.39. The highest BCUT2D eigenvalue weighted by molar-refractivity contribution is 9.10. The van der Waals surface area contributed by atoms with Gasteiger partial charge in [-0.15, -0.1) is 0 Å². The van der Waals surface area contributed by atoms with Crippen LogP contribution in [-0.4, -0.2) is 6.04 Å². The Bertz CT molecular complexity index is 671. The fourth-order valence-corrected chi connectivity index (χ4v) is 3.48. The van der Waals surface area contributed by atoms with E-state index in [1.54, 1.807) is 6.07 Å². The van der Waals surface area contributed by atoms with E-state index in [4.69, 9.17) is 23.2 Å². The monoisotopic (exact) mass is 387 g/mol. The molecule has 110 valence electrons. The molecule has 0 aromatic heterocycles. The van der Waals surface area contributed by atoms with Crippen molar-refractivity contribution in [2.75, 3.05) is 5.32 Å². The molecule has 2 aromatic rings. The second-order valence-corrected chi connectivity index (χ2v) is 6.86. The minimum Gasteiger partial charge on any atom is -0.381 e. The van der Waals surface area contributed by atoms with Gasteiger partial charge in [-0.3, -0.25) is 0 Å². The predicted molar refractivity (Wildman–Crippen MR) is 89.9 cm³/mol. The molecule has 0 radical (unpaired) electrons. The van der Waals surface area contributed by atoms with Crippen LogP contribution in [0.1, 0.15) is 24.3 Å². The molecule has 1 N–H and O–H groups in total. The summed E-state index contributed by atoms with van der Waals surface area (Å²) in [6.45, 7) is 0. The largest absolute Gasteiger partial charge is 0.381 e. The van der Waals surface area contributed by atoms with Gasteiger partial charge in [0.1, 0.15) is 5.82 Å². The molecule has 0 spiro atoms. The zero-order valence-electron chi connectivity index (χ0n) is 11.0. The van der Waals surface area contributed by atoms with Crippen LogP contribution in [0.25, 0.3) is 0 Å². The summed E-state index contributed by atoms with van der Waals surface area (Å²) in [6.07, 6.45) is 1.79. The number of nitrogens with one attached hydrogen (secondary N) is 1. The highest BCUT2D eigenvalue weighted by Crippen LogP contribution is 2.42. The molecule has 1 aliphatic rings. The Morgan fingerprint density at radius 1 is 1.05 bits per heavy atom. The number of benzene rings is 2. The molecule has 0 unspecified atom stereocenters. The van der Waals surface area contributed by atoms with Crippen molar-refractivity contribution in [3.05, 3.63) is 62.3 Å². The molecule has 0 amide bonds. The van der Waals surface area contributed by atoms with Crippen molar-refractivity contribution in [3.8, 4) is 0 Å². The Balaban J connectivity index is 1.66. The fraction of sp³-hybridized carbons (Fsp3) is 0.250. The highest BCUT2D eigenvalue weighted by Gasteiger charge is 2.32. The third kappa shape index (κ3) is 3.05. The second-order valence-electron chi connectivity index (χ2n) is 5.25. The first-order valence-electron chi connectivity index (χ1n) is 6.70. The molecule has 1 aliphatic carbocycles. The van der Waals surface area contributed by atoms with Crippen molar-refractivity contribution >= 4 is 44.8 Å². The third-order valence-corrected chi connectivity index (χ3v) is 5.65. The van der Waals surface area contributed by atoms with Crippen LogP contribution < -0.4 is 5.32 Å². The number of anilines is 1. The molecule has 1 nitrogen and oxygen atoms in total. The fourth-order valence-electron chi connectivity index (χ4n) is 2.65. The van der Waals surface area contributed by atoms with E-state index in [0.29, 0.717) is 16.1 Å². The Labute approximate surface area is 141 Å². The molecule has 5 heteroatoms. The van der Waals surface area contributed by atoms with Crippen LogP contribution in [0.3, 0.4) is 0 Å². The van der Waals surface area contributed by atoms with Gasteiger partial charge in [0.25, 0.3) is 0 Å². The molecule has 0 aliphatic heterocycles. The van der Waals surface area contributed by atoms with Crippen molar-refractivity contribution in [3.63, 3.8) is 0 Å². The molecule has 0 heterocycles. The first-order valence-corrected chi connectivity index (χ1v) is 8.25. The van der Waals surface area contributed by atoms with E-state index < -0.39 is 0 Å². The lowest BCUT2D eigenvalue weighted by Crippen LogP contribution is -2.34. The average Bonchev–Trinajstić information content (AvgIpc) is 2.43. The van der Waals surface area contributed by atoms with E-state index in [0.717, 1.165) is 28.6 Å². The minimum atomic E-state index is -0.120. The molecule has 0 saturated heterocycles. The van der Waals surface area contributed by atoms with Crippen molar-refractivity contribution in [2.24, 2.45) is 0 Å². The van der Waals surface area contributed by atoms with Gasteiger partial charge < -0.3 is 5.32 Å². The summed E-state index contributed by atoms with van der Waals surface area (Å²) >= 11 is 15.7. The Morgan fingerprint density at radius 2 is 1.76 bits per heavy atom. The molecule has 0 bridgehead atoms. The van der Waals surface area contributed by atoms with Gasteiger partial charge in [0, 0.05) is 10.5 Å². The molecule has 1 saturated carbocycles. The van der Waals surface area contributed by atoms with E-state index in [-0.39, 0.29) is 11.7 Å². The molecule has 1 fully saturated rings. The minimum absolute atomic E-state index is 0.120. The Morgan fingerprint density at radius 3 is 2.48 bits per heavy atom. The summed E-state index contributed by atoms with van der Waals surface area (Å²) < 4.78 is 14.5. The molecule has 21 heavy (non-hydrogen) atoms. The van der Waals surface area contributed by atoms with E-state index >= 15 is 0 Å². The van der Waals surface area contributed by atoms with Gasteiger partial charge >= 0.3 is 0 Å². The van der Waals surface area contributed by atoms with Gasteiger partial charge in [0.05, 0.1) is 15.7 Å². The number of rotatable bonds is 3. The maximum atomic E-state index is 13.7. The van der Waals surface area contributed by atoms with Crippen molar-refractivity contribution in [2.45, 2.75) is 24.8 Å². The van der Waals surface area contributed by atoms with E-state index in [1.807, 2.05) is 24.3 Å². The quantitative estimate of drug-likeness (QED) is 0.612. The number of halogens is 4. The molecule has 3 rings (SSSR count). The van der Waals surface area contributed by atoms with Crippen LogP contribution in [0.2, 0.25) is 10.0 Å². The lowest BCUT2D eigenvalue weighted by Gasteiger charge is -2.37. The van der Waals surface area contributed by atoms with Gasteiger partial charge in [-0.1, -0.05) is 41.4 Å². The first kappa shape index (κ1) is 15.1. The number of hydrogen-bond donors (Lipinski definition) is 1. The normalized spacial score (nSPS) is 21.0. The summed E-state index contributed by atoms with van der Waals surface area (Å²) in [5.74, 6) is 0.152. The van der Waals surface area contributed by atoms with Crippen molar-refractivity contribution in [1.82, 2.24) is 0 Å². The van der Waals surface area contributed by atoms with Crippen LogP contribution in [0.15, 0.2) is 40.9 Å². The lowest BCUT2D eigenvalue weighted by molar-refractivity contribution is 0.363. The van der Waals surface area contributed by atoms with Crippen LogP contribution in [-0.2, 0) is 0 Å².